The van der Waals surface area contributed by atoms with Crippen molar-refractivity contribution in [3.05, 3.63) is 51.7 Å². The van der Waals surface area contributed by atoms with Gasteiger partial charge in [0.25, 0.3) is 0 Å². The molecule has 1 aromatic heterocycles. The molecule has 0 radical (unpaired) electrons. The standard InChI is InChI=1S/C15H20N2S/c1-11-8-9-18-15(11)14(17(2)3)10-12-6-4-5-7-13(12)16/h4-9,14H,10,16H2,1-3H3. The number of likely N-dealkylation sites (N-methyl/N-ethyl adjacent to an activating group) is 1. The Balaban J connectivity index is 2.28. The molecule has 0 amide bonds. The molecule has 0 saturated carbocycles. The van der Waals surface area contributed by atoms with Crippen molar-refractivity contribution >= 4 is 17.0 Å². The SMILES string of the molecule is Cc1ccsc1C(Cc1ccccc1N)N(C)C. The van der Waals surface area contributed by atoms with Crippen molar-refractivity contribution in [2.45, 2.75) is 19.4 Å². The summed E-state index contributed by atoms with van der Waals surface area (Å²) in [6.07, 6.45) is 0.959. The fraction of sp³-hybridized carbons (Fsp3) is 0.333. The van der Waals surface area contributed by atoms with Gasteiger partial charge in [-0.1, -0.05) is 18.2 Å². The van der Waals surface area contributed by atoms with Crippen LogP contribution in [0.15, 0.2) is 35.7 Å². The quantitative estimate of drug-likeness (QED) is 0.853. The topological polar surface area (TPSA) is 29.3 Å². The summed E-state index contributed by atoms with van der Waals surface area (Å²) in [5, 5.41) is 2.16. The summed E-state index contributed by atoms with van der Waals surface area (Å²) in [5.41, 5.74) is 9.53. The van der Waals surface area contributed by atoms with Gasteiger partial charge in [0.2, 0.25) is 0 Å². The summed E-state index contributed by atoms with van der Waals surface area (Å²) >= 11 is 1.83. The highest BCUT2D eigenvalue weighted by Crippen LogP contribution is 2.31. The zero-order valence-electron chi connectivity index (χ0n) is 11.2. The molecule has 0 aliphatic heterocycles. The van der Waals surface area contributed by atoms with Crippen molar-refractivity contribution in [2.24, 2.45) is 0 Å². The lowest BCUT2D eigenvalue weighted by molar-refractivity contribution is 0.301. The molecule has 1 heterocycles. The Morgan fingerprint density at radius 1 is 1.22 bits per heavy atom. The lowest BCUT2D eigenvalue weighted by Crippen LogP contribution is -2.22. The van der Waals surface area contributed by atoms with Crippen molar-refractivity contribution in [2.75, 3.05) is 19.8 Å². The van der Waals surface area contributed by atoms with Gasteiger partial charge in [0, 0.05) is 16.6 Å². The minimum Gasteiger partial charge on any atom is -0.399 e. The largest absolute Gasteiger partial charge is 0.399 e. The van der Waals surface area contributed by atoms with Crippen LogP contribution in [-0.4, -0.2) is 19.0 Å². The van der Waals surface area contributed by atoms with E-state index in [0.29, 0.717) is 6.04 Å². The Kier molecular flexibility index (Phi) is 4.04. The van der Waals surface area contributed by atoms with Crippen LogP contribution in [0.1, 0.15) is 22.0 Å². The maximum absolute atomic E-state index is 6.05. The van der Waals surface area contributed by atoms with Crippen LogP contribution < -0.4 is 5.73 Å². The number of anilines is 1. The number of nitrogens with zero attached hydrogens (tertiary/aromatic N) is 1. The van der Waals surface area contributed by atoms with Gasteiger partial charge in [0.1, 0.15) is 0 Å². The van der Waals surface area contributed by atoms with E-state index in [9.17, 15) is 0 Å². The predicted octanol–water partition coefficient (Wildman–Crippen LogP) is 3.48. The van der Waals surface area contributed by atoms with Crippen LogP contribution in [0.25, 0.3) is 0 Å². The molecule has 1 atom stereocenters. The van der Waals surface area contributed by atoms with Gasteiger partial charge in [-0.15, -0.1) is 11.3 Å². The van der Waals surface area contributed by atoms with E-state index in [2.05, 4.69) is 49.5 Å². The third-order valence-corrected chi connectivity index (χ3v) is 4.42. The molecular weight excluding hydrogens is 240 g/mol. The first-order chi connectivity index (χ1) is 8.59. The summed E-state index contributed by atoms with van der Waals surface area (Å²) in [5.74, 6) is 0. The van der Waals surface area contributed by atoms with Crippen LogP contribution >= 0.6 is 11.3 Å². The highest BCUT2D eigenvalue weighted by Gasteiger charge is 2.18. The van der Waals surface area contributed by atoms with Gasteiger partial charge >= 0.3 is 0 Å². The van der Waals surface area contributed by atoms with Crippen LogP contribution in [0.4, 0.5) is 5.69 Å². The van der Waals surface area contributed by atoms with Gasteiger partial charge in [-0.3, -0.25) is 0 Å². The molecule has 2 rings (SSSR count). The second-order valence-electron chi connectivity index (χ2n) is 4.85. The van der Waals surface area contributed by atoms with E-state index in [1.54, 1.807) is 0 Å². The molecule has 0 aliphatic rings. The van der Waals surface area contributed by atoms with Gasteiger partial charge in [0.15, 0.2) is 0 Å². The maximum atomic E-state index is 6.05. The molecule has 3 heteroatoms. The molecule has 0 fully saturated rings. The fourth-order valence-electron chi connectivity index (χ4n) is 2.16. The second kappa shape index (κ2) is 5.55. The first-order valence-electron chi connectivity index (χ1n) is 6.13. The number of nitrogen functional groups attached to an aromatic ring is 1. The van der Waals surface area contributed by atoms with Gasteiger partial charge in [-0.05, 0) is 56.1 Å². The maximum Gasteiger partial charge on any atom is 0.0479 e. The molecule has 1 unspecified atom stereocenters. The van der Waals surface area contributed by atoms with E-state index in [4.69, 9.17) is 5.73 Å². The highest BCUT2D eigenvalue weighted by atomic mass is 32.1. The van der Waals surface area contributed by atoms with Crippen molar-refractivity contribution in [1.82, 2.24) is 4.90 Å². The number of hydrogen-bond acceptors (Lipinski definition) is 3. The van der Waals surface area contributed by atoms with E-state index in [-0.39, 0.29) is 0 Å². The van der Waals surface area contributed by atoms with Crippen LogP contribution in [0.2, 0.25) is 0 Å². The smallest absolute Gasteiger partial charge is 0.0479 e. The number of nitrogens with two attached hydrogens (primary N) is 1. The Bertz CT molecular complexity index is 517. The molecule has 1 aromatic carbocycles. The van der Waals surface area contributed by atoms with Crippen molar-refractivity contribution in [3.8, 4) is 0 Å². The molecule has 0 saturated heterocycles. The Labute approximate surface area is 113 Å². The minimum absolute atomic E-state index is 0.398. The molecule has 96 valence electrons. The molecule has 2 N–H and O–H groups in total. The number of hydrogen-bond donors (Lipinski definition) is 1. The van der Waals surface area contributed by atoms with Gasteiger partial charge in [0.05, 0.1) is 0 Å². The lowest BCUT2D eigenvalue weighted by atomic mass is 10.0. The molecule has 18 heavy (non-hydrogen) atoms. The van der Waals surface area contributed by atoms with Crippen LogP contribution in [0.3, 0.4) is 0 Å². The van der Waals surface area contributed by atoms with Crippen LogP contribution in [0.5, 0.6) is 0 Å². The fourth-order valence-corrected chi connectivity index (χ4v) is 3.29. The number of benzene rings is 1. The first-order valence-corrected chi connectivity index (χ1v) is 7.01. The normalized spacial score (nSPS) is 12.9. The minimum atomic E-state index is 0.398. The summed E-state index contributed by atoms with van der Waals surface area (Å²) in [6.45, 7) is 2.18. The van der Waals surface area contributed by atoms with E-state index >= 15 is 0 Å². The molecule has 0 spiro atoms. The molecule has 2 aromatic rings. The third kappa shape index (κ3) is 2.74. The second-order valence-corrected chi connectivity index (χ2v) is 5.80. The van der Waals surface area contributed by atoms with E-state index in [0.717, 1.165) is 12.1 Å². The van der Waals surface area contributed by atoms with E-state index in [1.807, 2.05) is 23.5 Å². The molecular formula is C15H20N2S. The molecule has 0 bridgehead atoms. The first kappa shape index (κ1) is 13.1. The molecule has 0 aliphatic carbocycles. The van der Waals surface area contributed by atoms with E-state index in [1.165, 1.54) is 16.0 Å². The lowest BCUT2D eigenvalue weighted by Gasteiger charge is -2.25. The predicted molar refractivity (Wildman–Crippen MR) is 80.0 cm³/mol. The van der Waals surface area contributed by atoms with Crippen LogP contribution in [0, 0.1) is 6.92 Å². The average molecular weight is 260 g/mol. The monoisotopic (exact) mass is 260 g/mol. The summed E-state index contributed by atoms with van der Waals surface area (Å²) in [4.78, 5) is 3.70. The number of thiophene rings is 1. The van der Waals surface area contributed by atoms with Crippen molar-refractivity contribution < 1.29 is 0 Å². The summed E-state index contributed by atoms with van der Waals surface area (Å²) in [6, 6.07) is 10.7. The van der Waals surface area contributed by atoms with Crippen molar-refractivity contribution in [3.63, 3.8) is 0 Å². The zero-order chi connectivity index (χ0) is 13.1. The third-order valence-electron chi connectivity index (χ3n) is 3.30. The van der Waals surface area contributed by atoms with Crippen LogP contribution in [-0.2, 0) is 6.42 Å². The Morgan fingerprint density at radius 2 is 1.94 bits per heavy atom. The average Bonchev–Trinajstić information content (AvgIpc) is 2.74. The van der Waals surface area contributed by atoms with E-state index < -0.39 is 0 Å². The van der Waals surface area contributed by atoms with Crippen molar-refractivity contribution in [1.29, 1.82) is 0 Å². The Hall–Kier alpha value is -1.32. The van der Waals surface area contributed by atoms with Gasteiger partial charge < -0.3 is 10.6 Å². The zero-order valence-corrected chi connectivity index (χ0v) is 12.0. The number of rotatable bonds is 4. The van der Waals surface area contributed by atoms with Gasteiger partial charge in [-0.2, -0.15) is 0 Å². The van der Waals surface area contributed by atoms with Gasteiger partial charge in [-0.25, -0.2) is 0 Å². The number of aryl methyl sites for hydroxylation is 1. The molecule has 2 nitrogen and oxygen atoms in total. The summed E-state index contributed by atoms with van der Waals surface area (Å²) in [7, 11) is 4.26. The Morgan fingerprint density at radius 3 is 2.50 bits per heavy atom. The highest BCUT2D eigenvalue weighted by molar-refractivity contribution is 7.10. The summed E-state index contributed by atoms with van der Waals surface area (Å²) < 4.78 is 0. The number of para-hydroxylation sites is 1.